The Labute approximate surface area is 159 Å². The Hall–Kier alpha value is -2.51. The highest BCUT2D eigenvalue weighted by atomic mass is 16.6. The van der Waals surface area contributed by atoms with E-state index in [-0.39, 0.29) is 23.6 Å². The third-order valence-corrected chi connectivity index (χ3v) is 4.56. The van der Waals surface area contributed by atoms with Gasteiger partial charge in [-0.2, -0.15) is 0 Å². The Balaban J connectivity index is 2.29. The van der Waals surface area contributed by atoms with Crippen LogP contribution in [0.25, 0.3) is 0 Å². The highest BCUT2D eigenvalue weighted by molar-refractivity contribution is 5.67. The van der Waals surface area contributed by atoms with E-state index >= 15 is 0 Å². The number of nitro benzene ring substituents is 1. The zero-order valence-electron chi connectivity index (χ0n) is 16.6. The summed E-state index contributed by atoms with van der Waals surface area (Å²) < 4.78 is 5.63. The fraction of sp³-hybridized carbons (Fsp3) is 0.632. The van der Waals surface area contributed by atoms with Crippen LogP contribution in [0.5, 0.6) is 5.75 Å². The Morgan fingerprint density at radius 3 is 2.59 bits per heavy atom. The number of carbonyl (C=O) groups is 1. The van der Waals surface area contributed by atoms with E-state index in [1.807, 2.05) is 34.6 Å². The second-order valence-corrected chi connectivity index (χ2v) is 8.14. The highest BCUT2D eigenvalue weighted by Crippen LogP contribution is 2.34. The predicted octanol–water partition coefficient (Wildman–Crippen LogP) is 4.13. The minimum atomic E-state index is -0.929. The zero-order chi connectivity index (χ0) is 20.4. The topological polar surface area (TPSA) is 96.2 Å². The molecule has 1 N–H and O–H groups in total. The number of amides is 1. The van der Waals surface area contributed by atoms with E-state index in [9.17, 15) is 20.0 Å². The molecule has 0 spiro atoms. The lowest BCUT2D eigenvalue weighted by molar-refractivity contribution is -0.386. The van der Waals surface area contributed by atoms with Gasteiger partial charge in [-0.15, -0.1) is 0 Å². The van der Waals surface area contributed by atoms with Crippen molar-refractivity contribution in [1.82, 2.24) is 4.90 Å². The summed E-state index contributed by atoms with van der Waals surface area (Å²) in [5.74, 6) is 0.237. The molecule has 0 unspecified atom stereocenters. The lowest BCUT2D eigenvalue weighted by Crippen LogP contribution is -2.56. The van der Waals surface area contributed by atoms with Gasteiger partial charge >= 0.3 is 11.8 Å². The highest BCUT2D eigenvalue weighted by Gasteiger charge is 2.36. The van der Waals surface area contributed by atoms with Crippen molar-refractivity contribution < 1.29 is 19.6 Å². The molecular weight excluding hydrogens is 350 g/mol. The number of nitro groups is 1. The summed E-state index contributed by atoms with van der Waals surface area (Å²) in [7, 11) is 0. The van der Waals surface area contributed by atoms with E-state index in [1.165, 1.54) is 11.0 Å². The minimum Gasteiger partial charge on any atom is -0.484 e. The first-order chi connectivity index (χ1) is 12.5. The molecule has 1 aliphatic heterocycles. The van der Waals surface area contributed by atoms with Gasteiger partial charge in [-0.05, 0) is 53.5 Å². The van der Waals surface area contributed by atoms with Crippen molar-refractivity contribution in [2.75, 3.05) is 18.0 Å². The molecule has 8 heteroatoms. The Bertz CT molecular complexity index is 699. The van der Waals surface area contributed by atoms with E-state index in [0.29, 0.717) is 6.54 Å². The number of anilines is 1. The maximum Gasteiger partial charge on any atom is 0.408 e. The maximum atomic E-state index is 11.8. The fourth-order valence-electron chi connectivity index (χ4n) is 3.59. The molecule has 1 amide bonds. The van der Waals surface area contributed by atoms with E-state index in [0.717, 1.165) is 25.1 Å². The fourth-order valence-corrected chi connectivity index (χ4v) is 3.59. The molecule has 1 saturated heterocycles. The molecule has 1 aromatic carbocycles. The van der Waals surface area contributed by atoms with Crippen LogP contribution in [-0.4, -0.2) is 51.8 Å². The Kier molecular flexibility index (Phi) is 6.18. The summed E-state index contributed by atoms with van der Waals surface area (Å²) in [5.41, 5.74) is 0.240. The molecule has 0 aromatic heterocycles. The monoisotopic (exact) mass is 379 g/mol. The van der Waals surface area contributed by atoms with Crippen LogP contribution in [0, 0.1) is 10.1 Å². The van der Waals surface area contributed by atoms with Crippen LogP contribution in [0.2, 0.25) is 0 Å². The van der Waals surface area contributed by atoms with Crippen LogP contribution in [0.4, 0.5) is 16.2 Å². The standard InChI is InChI=1S/C19H29N3O5/c1-13(2)27-17-11-14(8-9-16(17)22(25)26)20-10-6-7-15(12-20)21(18(23)24)19(3,4)5/h8-9,11,13,15H,6-7,10,12H2,1-5H3,(H,23,24)/t15-/m1/s1. The molecule has 2 rings (SSSR count). The normalized spacial score (nSPS) is 17.7. The van der Waals surface area contributed by atoms with Crippen molar-refractivity contribution >= 4 is 17.5 Å². The summed E-state index contributed by atoms with van der Waals surface area (Å²) in [6, 6.07) is 4.70. The Morgan fingerprint density at radius 2 is 2.07 bits per heavy atom. The van der Waals surface area contributed by atoms with Gasteiger partial charge < -0.3 is 14.7 Å². The van der Waals surface area contributed by atoms with Crippen LogP contribution in [-0.2, 0) is 0 Å². The SMILES string of the molecule is CC(C)Oc1cc(N2CCC[C@@H](N(C(=O)O)C(C)(C)C)C2)ccc1[N+](=O)[O-]. The summed E-state index contributed by atoms with van der Waals surface area (Å²) in [6.45, 7) is 10.6. The molecule has 1 fully saturated rings. The minimum absolute atomic E-state index is 0.0668. The predicted molar refractivity (Wildman–Crippen MR) is 104 cm³/mol. The number of benzene rings is 1. The third-order valence-electron chi connectivity index (χ3n) is 4.56. The zero-order valence-corrected chi connectivity index (χ0v) is 16.6. The lowest BCUT2D eigenvalue weighted by Gasteiger charge is -2.44. The van der Waals surface area contributed by atoms with E-state index < -0.39 is 16.6 Å². The largest absolute Gasteiger partial charge is 0.484 e. The second-order valence-electron chi connectivity index (χ2n) is 8.14. The third kappa shape index (κ3) is 5.02. The van der Waals surface area contributed by atoms with Gasteiger partial charge in [0.15, 0.2) is 5.75 Å². The van der Waals surface area contributed by atoms with Gasteiger partial charge in [-0.1, -0.05) is 0 Å². The average Bonchev–Trinajstić information content (AvgIpc) is 2.52. The molecule has 0 radical (unpaired) electrons. The number of nitrogens with zero attached hydrogens (tertiary/aromatic N) is 3. The van der Waals surface area contributed by atoms with Crippen LogP contribution < -0.4 is 9.64 Å². The van der Waals surface area contributed by atoms with Gasteiger partial charge in [0.1, 0.15) is 0 Å². The van der Waals surface area contributed by atoms with Crippen molar-refractivity contribution in [1.29, 1.82) is 0 Å². The Morgan fingerprint density at radius 1 is 1.41 bits per heavy atom. The number of hydrogen-bond acceptors (Lipinski definition) is 5. The van der Waals surface area contributed by atoms with Crippen LogP contribution in [0.3, 0.4) is 0 Å². The van der Waals surface area contributed by atoms with Crippen LogP contribution in [0.15, 0.2) is 18.2 Å². The first-order valence-electron chi connectivity index (χ1n) is 9.23. The van der Waals surface area contributed by atoms with Gasteiger partial charge in [0.2, 0.25) is 0 Å². The van der Waals surface area contributed by atoms with Crippen molar-refractivity contribution in [2.24, 2.45) is 0 Å². The number of piperidine rings is 1. The van der Waals surface area contributed by atoms with E-state index in [1.54, 1.807) is 12.1 Å². The first-order valence-corrected chi connectivity index (χ1v) is 9.23. The molecule has 150 valence electrons. The lowest BCUT2D eigenvalue weighted by atomic mass is 9.97. The number of ether oxygens (including phenoxy) is 1. The van der Waals surface area contributed by atoms with Gasteiger partial charge in [0, 0.05) is 36.4 Å². The van der Waals surface area contributed by atoms with E-state index in [2.05, 4.69) is 4.90 Å². The smallest absolute Gasteiger partial charge is 0.408 e. The van der Waals surface area contributed by atoms with Gasteiger partial charge in [-0.25, -0.2) is 4.79 Å². The van der Waals surface area contributed by atoms with Crippen molar-refractivity contribution in [3.63, 3.8) is 0 Å². The average molecular weight is 379 g/mol. The summed E-state index contributed by atoms with van der Waals surface area (Å²) in [6.07, 6.45) is 0.530. The molecule has 1 heterocycles. The molecule has 1 aliphatic rings. The van der Waals surface area contributed by atoms with Crippen molar-refractivity contribution in [3.05, 3.63) is 28.3 Å². The molecule has 0 saturated carbocycles. The summed E-state index contributed by atoms with van der Waals surface area (Å²) in [5, 5.41) is 20.9. The van der Waals surface area contributed by atoms with Gasteiger partial charge in [0.25, 0.3) is 0 Å². The summed E-state index contributed by atoms with van der Waals surface area (Å²) in [4.78, 5) is 26.2. The van der Waals surface area contributed by atoms with Crippen molar-refractivity contribution in [3.8, 4) is 5.75 Å². The number of hydrogen-bond donors (Lipinski definition) is 1. The van der Waals surface area contributed by atoms with Gasteiger partial charge in [-0.3, -0.25) is 15.0 Å². The van der Waals surface area contributed by atoms with Crippen LogP contribution >= 0.6 is 0 Å². The molecule has 27 heavy (non-hydrogen) atoms. The number of rotatable bonds is 5. The van der Waals surface area contributed by atoms with E-state index in [4.69, 9.17) is 4.74 Å². The molecule has 8 nitrogen and oxygen atoms in total. The molecule has 1 atom stereocenters. The molecular formula is C19H29N3O5. The number of carboxylic acid groups (broad SMARTS) is 1. The quantitative estimate of drug-likeness (QED) is 0.610. The van der Waals surface area contributed by atoms with Gasteiger partial charge in [0.05, 0.1) is 17.1 Å². The maximum absolute atomic E-state index is 11.8. The second kappa shape index (κ2) is 8.02. The molecule has 0 aliphatic carbocycles. The summed E-state index contributed by atoms with van der Waals surface area (Å²) >= 11 is 0. The van der Waals surface area contributed by atoms with Crippen LogP contribution in [0.1, 0.15) is 47.5 Å². The molecule has 0 bridgehead atoms. The first kappa shape index (κ1) is 20.8. The van der Waals surface area contributed by atoms with Crippen molar-refractivity contribution in [2.45, 2.75) is 65.1 Å². The molecule has 1 aromatic rings.